The molecule has 0 saturated heterocycles. The van der Waals surface area contributed by atoms with Gasteiger partial charge in [-0.1, -0.05) is 29.8 Å². The Hall–Kier alpha value is -3.25. The second-order valence-electron chi connectivity index (χ2n) is 7.29. The van der Waals surface area contributed by atoms with Gasteiger partial charge in [-0.3, -0.25) is 4.90 Å². The van der Waals surface area contributed by atoms with E-state index in [0.717, 1.165) is 16.5 Å². The van der Waals surface area contributed by atoms with E-state index in [0.29, 0.717) is 35.0 Å². The van der Waals surface area contributed by atoms with Crippen molar-refractivity contribution in [3.8, 4) is 5.75 Å². The lowest BCUT2D eigenvalue weighted by molar-refractivity contribution is -0.140. The number of hydrogen-bond acceptors (Lipinski definition) is 4. The Balaban J connectivity index is 1.70. The number of carbonyl (C=O) groups excluding carboxylic acids is 2. The molecule has 1 aliphatic rings. The van der Waals surface area contributed by atoms with Crippen LogP contribution < -0.4 is 4.74 Å². The van der Waals surface area contributed by atoms with Gasteiger partial charge in [-0.25, -0.2) is 9.59 Å². The Morgan fingerprint density at radius 1 is 1.10 bits per heavy atom. The van der Waals surface area contributed by atoms with Crippen LogP contribution in [-0.2, 0) is 16.0 Å². The molecular weight excluding hydrogens is 404 g/mol. The van der Waals surface area contributed by atoms with Crippen LogP contribution in [0.4, 0.5) is 4.79 Å². The van der Waals surface area contributed by atoms with Crippen molar-refractivity contribution in [1.82, 2.24) is 9.88 Å². The zero-order chi connectivity index (χ0) is 21.3. The number of fused-ring (bicyclic) bond motifs is 3. The van der Waals surface area contributed by atoms with Gasteiger partial charge < -0.3 is 14.5 Å². The molecule has 7 heteroatoms. The molecule has 2 heterocycles. The van der Waals surface area contributed by atoms with Crippen LogP contribution in [0.1, 0.15) is 25.1 Å². The number of aromatic nitrogens is 1. The summed E-state index contributed by atoms with van der Waals surface area (Å²) in [4.78, 5) is 30.4. The van der Waals surface area contributed by atoms with E-state index >= 15 is 0 Å². The first-order valence-corrected chi connectivity index (χ1v) is 10.1. The lowest BCUT2D eigenvalue weighted by Crippen LogP contribution is -2.30. The molecule has 0 unspecified atom stereocenters. The smallest absolute Gasteiger partial charge is 0.419 e. The SMILES string of the molecule is CC(C)OC(=O)C1=CN(C(=O)Oc2ccc(Cl)cc2)CCc2c1[nH]c1ccccc21. The summed E-state index contributed by atoms with van der Waals surface area (Å²) in [6.45, 7) is 3.93. The van der Waals surface area contributed by atoms with Crippen molar-refractivity contribution >= 4 is 40.1 Å². The maximum absolute atomic E-state index is 12.9. The van der Waals surface area contributed by atoms with E-state index in [9.17, 15) is 9.59 Å². The van der Waals surface area contributed by atoms with Crippen LogP contribution in [0.3, 0.4) is 0 Å². The molecule has 1 amide bonds. The highest BCUT2D eigenvalue weighted by atomic mass is 35.5. The zero-order valence-corrected chi connectivity index (χ0v) is 17.4. The summed E-state index contributed by atoms with van der Waals surface area (Å²) in [7, 11) is 0. The van der Waals surface area contributed by atoms with Gasteiger partial charge in [0.1, 0.15) is 5.75 Å². The average Bonchev–Trinajstić information content (AvgIpc) is 2.96. The van der Waals surface area contributed by atoms with Crippen molar-refractivity contribution in [2.24, 2.45) is 0 Å². The summed E-state index contributed by atoms with van der Waals surface area (Å²) in [5.41, 5.74) is 2.87. The van der Waals surface area contributed by atoms with Crippen molar-refractivity contribution in [1.29, 1.82) is 0 Å². The highest BCUT2D eigenvalue weighted by molar-refractivity contribution is 6.30. The van der Waals surface area contributed by atoms with E-state index in [4.69, 9.17) is 21.1 Å². The molecule has 1 N–H and O–H groups in total. The van der Waals surface area contributed by atoms with Crippen molar-refractivity contribution < 1.29 is 19.1 Å². The number of amides is 1. The van der Waals surface area contributed by atoms with Gasteiger partial charge in [0.15, 0.2) is 0 Å². The van der Waals surface area contributed by atoms with E-state index in [1.54, 1.807) is 38.1 Å². The minimum absolute atomic E-state index is 0.288. The molecule has 6 nitrogen and oxygen atoms in total. The van der Waals surface area contributed by atoms with Crippen molar-refractivity contribution in [3.05, 3.63) is 71.0 Å². The fraction of sp³-hybridized carbons (Fsp3) is 0.217. The average molecular weight is 425 g/mol. The predicted molar refractivity (Wildman–Crippen MR) is 115 cm³/mol. The Kier molecular flexibility index (Phi) is 5.50. The van der Waals surface area contributed by atoms with Crippen LogP contribution in [0.25, 0.3) is 16.5 Å². The molecule has 0 saturated carbocycles. The number of carbonyl (C=O) groups is 2. The lowest BCUT2D eigenvalue weighted by atomic mass is 10.0. The Morgan fingerprint density at radius 3 is 2.57 bits per heavy atom. The van der Waals surface area contributed by atoms with Crippen molar-refractivity contribution in [2.45, 2.75) is 26.4 Å². The number of para-hydroxylation sites is 1. The fourth-order valence-electron chi connectivity index (χ4n) is 3.45. The zero-order valence-electron chi connectivity index (χ0n) is 16.6. The molecular formula is C23H21ClN2O4. The molecule has 4 rings (SSSR count). The molecule has 0 bridgehead atoms. The van der Waals surface area contributed by atoms with Gasteiger partial charge in [-0.15, -0.1) is 0 Å². The quantitative estimate of drug-likeness (QED) is 0.588. The van der Waals surface area contributed by atoms with Crippen molar-refractivity contribution in [2.75, 3.05) is 6.54 Å². The van der Waals surface area contributed by atoms with Gasteiger partial charge in [0.05, 0.1) is 17.4 Å². The standard InChI is InChI=1S/C23H21ClN2O4/c1-14(2)29-22(27)19-13-26(23(28)30-16-9-7-15(24)8-10-16)12-11-18-17-5-3-4-6-20(17)25-21(18)19/h3-10,13-14,25H,11-12H2,1-2H3. The van der Waals surface area contributed by atoms with Crippen LogP contribution in [0.15, 0.2) is 54.7 Å². The van der Waals surface area contributed by atoms with Gasteiger partial charge in [0.2, 0.25) is 0 Å². The summed E-state index contributed by atoms with van der Waals surface area (Å²) in [6, 6.07) is 14.4. The van der Waals surface area contributed by atoms with E-state index in [-0.39, 0.29) is 6.10 Å². The summed E-state index contributed by atoms with van der Waals surface area (Å²) >= 11 is 5.89. The third-order valence-electron chi connectivity index (χ3n) is 4.79. The van der Waals surface area contributed by atoms with Gasteiger partial charge in [-0.05, 0) is 56.2 Å². The van der Waals surface area contributed by atoms with Crippen LogP contribution in [0.5, 0.6) is 5.75 Å². The van der Waals surface area contributed by atoms with Crippen LogP contribution >= 0.6 is 11.6 Å². The second-order valence-corrected chi connectivity index (χ2v) is 7.72. The van der Waals surface area contributed by atoms with Gasteiger partial charge in [0.25, 0.3) is 0 Å². The predicted octanol–water partition coefficient (Wildman–Crippen LogP) is 5.17. The first-order chi connectivity index (χ1) is 14.4. The summed E-state index contributed by atoms with van der Waals surface area (Å²) in [6.07, 6.45) is 1.19. The van der Waals surface area contributed by atoms with E-state index < -0.39 is 12.1 Å². The molecule has 0 radical (unpaired) electrons. The minimum atomic E-state index is -0.582. The Morgan fingerprint density at radius 2 is 1.83 bits per heavy atom. The van der Waals surface area contributed by atoms with Crippen LogP contribution in [-0.4, -0.2) is 34.6 Å². The minimum Gasteiger partial charge on any atom is -0.459 e. The summed E-state index contributed by atoms with van der Waals surface area (Å²) in [5, 5.41) is 1.57. The summed E-state index contributed by atoms with van der Waals surface area (Å²) in [5.74, 6) is -0.124. The molecule has 1 aromatic heterocycles. The third kappa shape index (κ3) is 4.04. The number of ether oxygens (including phenoxy) is 2. The number of aromatic amines is 1. The molecule has 2 aromatic carbocycles. The highest BCUT2D eigenvalue weighted by Gasteiger charge is 2.28. The van der Waals surface area contributed by atoms with Gasteiger partial charge >= 0.3 is 12.1 Å². The number of halogens is 1. The van der Waals surface area contributed by atoms with E-state index in [1.165, 1.54) is 11.1 Å². The first kappa shape index (κ1) is 20.0. The normalized spacial score (nSPS) is 13.6. The second kappa shape index (κ2) is 8.24. The van der Waals surface area contributed by atoms with Gasteiger partial charge in [0, 0.05) is 28.7 Å². The van der Waals surface area contributed by atoms with Gasteiger partial charge in [-0.2, -0.15) is 0 Å². The van der Waals surface area contributed by atoms with E-state index in [2.05, 4.69) is 4.98 Å². The summed E-state index contributed by atoms with van der Waals surface area (Å²) < 4.78 is 10.9. The number of H-pyrrole nitrogens is 1. The lowest BCUT2D eigenvalue weighted by Gasteiger charge is -2.17. The molecule has 1 aliphatic heterocycles. The fourth-order valence-corrected chi connectivity index (χ4v) is 3.57. The molecule has 30 heavy (non-hydrogen) atoms. The Labute approximate surface area is 179 Å². The first-order valence-electron chi connectivity index (χ1n) is 9.69. The molecule has 0 fully saturated rings. The molecule has 0 aliphatic carbocycles. The number of nitrogens with one attached hydrogen (secondary N) is 1. The molecule has 0 spiro atoms. The number of hydrogen-bond donors (Lipinski definition) is 1. The molecule has 3 aromatic rings. The maximum atomic E-state index is 12.9. The van der Waals surface area contributed by atoms with Crippen molar-refractivity contribution in [3.63, 3.8) is 0 Å². The maximum Gasteiger partial charge on any atom is 0.419 e. The monoisotopic (exact) mass is 424 g/mol. The van der Waals surface area contributed by atoms with Crippen LogP contribution in [0, 0.1) is 0 Å². The molecule has 154 valence electrons. The number of rotatable bonds is 3. The molecule has 0 atom stereocenters. The third-order valence-corrected chi connectivity index (χ3v) is 5.04. The topological polar surface area (TPSA) is 71.6 Å². The number of benzene rings is 2. The number of nitrogens with zero attached hydrogens (tertiary/aromatic N) is 1. The largest absolute Gasteiger partial charge is 0.459 e. The highest BCUT2D eigenvalue weighted by Crippen LogP contribution is 2.32. The Bertz CT molecular complexity index is 1130. The number of esters is 1. The van der Waals surface area contributed by atoms with Crippen LogP contribution in [0.2, 0.25) is 5.02 Å². The van der Waals surface area contributed by atoms with E-state index in [1.807, 2.05) is 24.3 Å².